The van der Waals surface area contributed by atoms with E-state index in [1.165, 1.54) is 12.1 Å². The Kier molecular flexibility index (Phi) is 3.63. The van der Waals surface area contributed by atoms with Crippen molar-refractivity contribution >= 4 is 11.9 Å². The third-order valence-corrected chi connectivity index (χ3v) is 3.52. The number of benzene rings is 2. The number of hydrogen-bond donors (Lipinski definition) is 2. The summed E-state index contributed by atoms with van der Waals surface area (Å²) in [6.07, 6.45) is 1.99. The zero-order valence-electron chi connectivity index (χ0n) is 11.7. The predicted octanol–water partition coefficient (Wildman–Crippen LogP) is 3.08. The summed E-state index contributed by atoms with van der Waals surface area (Å²) in [4.78, 5) is 23.1. The molecule has 3 rings (SSSR count). The van der Waals surface area contributed by atoms with Crippen molar-refractivity contribution in [2.45, 2.75) is 18.9 Å². The van der Waals surface area contributed by atoms with Crippen molar-refractivity contribution in [3.63, 3.8) is 0 Å². The minimum atomic E-state index is -1.19. The summed E-state index contributed by atoms with van der Waals surface area (Å²) >= 11 is 0. The molecule has 0 spiro atoms. The first-order valence-corrected chi connectivity index (χ1v) is 6.98. The monoisotopic (exact) mass is 299 g/mol. The van der Waals surface area contributed by atoms with Crippen LogP contribution in [0.1, 0.15) is 33.6 Å². The molecule has 1 saturated carbocycles. The van der Waals surface area contributed by atoms with Crippen LogP contribution in [0.2, 0.25) is 0 Å². The number of aromatic carboxylic acids is 1. The van der Waals surface area contributed by atoms with Crippen LogP contribution in [-0.4, -0.2) is 23.0 Å². The molecule has 1 aliphatic rings. The summed E-state index contributed by atoms with van der Waals surface area (Å²) in [5.74, 6) is -1.98. The molecule has 22 heavy (non-hydrogen) atoms. The van der Waals surface area contributed by atoms with Crippen LogP contribution in [0.5, 0.6) is 0 Å². The fraction of sp³-hybridized carbons (Fsp3) is 0.176. The molecule has 0 unspecified atom stereocenters. The van der Waals surface area contributed by atoms with E-state index in [2.05, 4.69) is 5.32 Å². The molecule has 4 nitrogen and oxygen atoms in total. The fourth-order valence-corrected chi connectivity index (χ4v) is 2.22. The highest BCUT2D eigenvalue weighted by atomic mass is 19.1. The van der Waals surface area contributed by atoms with Gasteiger partial charge in [-0.05, 0) is 54.3 Å². The van der Waals surface area contributed by atoms with E-state index in [9.17, 15) is 14.0 Å². The minimum absolute atomic E-state index is 0.122. The lowest BCUT2D eigenvalue weighted by atomic mass is 10.0. The van der Waals surface area contributed by atoms with Gasteiger partial charge in [-0.15, -0.1) is 0 Å². The Morgan fingerprint density at radius 2 is 1.77 bits per heavy atom. The van der Waals surface area contributed by atoms with E-state index in [4.69, 9.17) is 5.11 Å². The maximum Gasteiger partial charge on any atom is 0.335 e. The van der Waals surface area contributed by atoms with Crippen LogP contribution in [-0.2, 0) is 0 Å². The second kappa shape index (κ2) is 5.60. The second-order valence-electron chi connectivity index (χ2n) is 5.36. The molecular formula is C17H14FNO3. The first kappa shape index (κ1) is 14.3. The Hall–Kier alpha value is -2.69. The number of halogens is 1. The Bertz CT molecular complexity index is 753. The van der Waals surface area contributed by atoms with Crippen LogP contribution in [0, 0.1) is 5.82 Å². The number of carboxylic acids is 1. The van der Waals surface area contributed by atoms with Gasteiger partial charge in [-0.25, -0.2) is 9.18 Å². The summed E-state index contributed by atoms with van der Waals surface area (Å²) < 4.78 is 13.6. The third kappa shape index (κ3) is 3.14. The summed E-state index contributed by atoms with van der Waals surface area (Å²) in [6.45, 7) is 0. The molecular weight excluding hydrogens is 285 g/mol. The van der Waals surface area contributed by atoms with Crippen LogP contribution >= 0.6 is 0 Å². The maximum absolute atomic E-state index is 13.6. The Morgan fingerprint density at radius 3 is 2.45 bits per heavy atom. The molecule has 1 fully saturated rings. The molecule has 112 valence electrons. The number of rotatable bonds is 4. The molecule has 2 N–H and O–H groups in total. The molecule has 2 aromatic rings. The largest absolute Gasteiger partial charge is 0.478 e. The lowest BCUT2D eigenvalue weighted by Crippen LogP contribution is -2.25. The van der Waals surface area contributed by atoms with Gasteiger partial charge in [-0.3, -0.25) is 4.79 Å². The van der Waals surface area contributed by atoms with Gasteiger partial charge in [-0.1, -0.05) is 12.1 Å². The van der Waals surface area contributed by atoms with E-state index in [0.29, 0.717) is 16.7 Å². The Balaban J connectivity index is 1.94. The summed E-state index contributed by atoms with van der Waals surface area (Å²) in [5.41, 5.74) is 1.39. The highest BCUT2D eigenvalue weighted by Crippen LogP contribution is 2.24. The van der Waals surface area contributed by atoms with Gasteiger partial charge in [0.15, 0.2) is 0 Å². The molecule has 1 amide bonds. The average molecular weight is 299 g/mol. The van der Waals surface area contributed by atoms with E-state index in [1.54, 1.807) is 24.3 Å². The Labute approximate surface area is 126 Å². The van der Waals surface area contributed by atoms with E-state index < -0.39 is 11.8 Å². The fourth-order valence-electron chi connectivity index (χ4n) is 2.22. The van der Waals surface area contributed by atoms with Crippen LogP contribution in [0.4, 0.5) is 4.39 Å². The van der Waals surface area contributed by atoms with Gasteiger partial charge >= 0.3 is 5.97 Å². The van der Waals surface area contributed by atoms with E-state index in [1.807, 2.05) is 0 Å². The van der Waals surface area contributed by atoms with Gasteiger partial charge in [0, 0.05) is 11.6 Å². The standard InChI is InChI=1S/C17H14FNO3/c18-14-8-12(7-13(9-14)17(21)22)10-2-1-3-11(6-10)16(20)19-15-4-5-15/h1-3,6-9,15H,4-5H2,(H,19,20)(H,21,22). The average Bonchev–Trinajstić information content (AvgIpc) is 3.30. The van der Waals surface area contributed by atoms with Gasteiger partial charge in [0.25, 0.3) is 5.91 Å². The molecule has 0 atom stereocenters. The number of carbonyl (C=O) groups excluding carboxylic acids is 1. The second-order valence-corrected chi connectivity index (χ2v) is 5.36. The van der Waals surface area contributed by atoms with Crippen LogP contribution in [0.25, 0.3) is 11.1 Å². The maximum atomic E-state index is 13.6. The van der Waals surface area contributed by atoms with Crippen molar-refractivity contribution in [3.8, 4) is 11.1 Å². The van der Waals surface area contributed by atoms with Crippen molar-refractivity contribution in [2.24, 2.45) is 0 Å². The third-order valence-electron chi connectivity index (χ3n) is 3.52. The van der Waals surface area contributed by atoms with E-state index >= 15 is 0 Å². The summed E-state index contributed by atoms with van der Waals surface area (Å²) in [6, 6.07) is 10.6. The molecule has 0 heterocycles. The van der Waals surface area contributed by atoms with Crippen LogP contribution < -0.4 is 5.32 Å². The van der Waals surface area contributed by atoms with Gasteiger partial charge in [-0.2, -0.15) is 0 Å². The number of carboxylic acid groups (broad SMARTS) is 1. The van der Waals surface area contributed by atoms with Crippen molar-refractivity contribution in [1.29, 1.82) is 0 Å². The molecule has 1 aliphatic carbocycles. The number of amides is 1. The van der Waals surface area contributed by atoms with Gasteiger partial charge in [0.05, 0.1) is 5.56 Å². The lowest BCUT2D eigenvalue weighted by molar-refractivity contribution is 0.0696. The van der Waals surface area contributed by atoms with E-state index in [-0.39, 0.29) is 17.5 Å². The highest BCUT2D eigenvalue weighted by molar-refractivity contribution is 5.96. The molecule has 0 bridgehead atoms. The molecule has 2 aromatic carbocycles. The topological polar surface area (TPSA) is 66.4 Å². The number of carbonyl (C=O) groups is 2. The van der Waals surface area contributed by atoms with Gasteiger partial charge < -0.3 is 10.4 Å². The molecule has 5 heteroatoms. The van der Waals surface area contributed by atoms with Crippen molar-refractivity contribution in [2.75, 3.05) is 0 Å². The van der Waals surface area contributed by atoms with Crippen LogP contribution in [0.3, 0.4) is 0 Å². The number of nitrogens with one attached hydrogen (secondary N) is 1. The molecule has 0 aromatic heterocycles. The molecule has 0 aliphatic heterocycles. The zero-order chi connectivity index (χ0) is 15.7. The normalized spacial score (nSPS) is 13.7. The first-order valence-electron chi connectivity index (χ1n) is 6.98. The SMILES string of the molecule is O=C(O)c1cc(F)cc(-c2cccc(C(=O)NC3CC3)c2)c1. The van der Waals surface area contributed by atoms with Crippen molar-refractivity contribution < 1.29 is 19.1 Å². The van der Waals surface area contributed by atoms with Gasteiger partial charge in [0.2, 0.25) is 0 Å². The van der Waals surface area contributed by atoms with Gasteiger partial charge in [0.1, 0.15) is 5.82 Å². The molecule has 0 radical (unpaired) electrons. The zero-order valence-corrected chi connectivity index (χ0v) is 11.7. The Morgan fingerprint density at radius 1 is 1.05 bits per heavy atom. The quantitative estimate of drug-likeness (QED) is 0.911. The summed E-state index contributed by atoms with van der Waals surface area (Å²) in [7, 11) is 0. The smallest absolute Gasteiger partial charge is 0.335 e. The lowest BCUT2D eigenvalue weighted by Gasteiger charge is -2.07. The van der Waals surface area contributed by atoms with E-state index in [0.717, 1.165) is 18.9 Å². The highest BCUT2D eigenvalue weighted by Gasteiger charge is 2.23. The van der Waals surface area contributed by atoms with Crippen LogP contribution in [0.15, 0.2) is 42.5 Å². The predicted molar refractivity (Wildman–Crippen MR) is 79.3 cm³/mol. The van der Waals surface area contributed by atoms with Crippen molar-refractivity contribution in [3.05, 3.63) is 59.4 Å². The molecule has 0 saturated heterocycles. The minimum Gasteiger partial charge on any atom is -0.478 e. The first-order chi connectivity index (χ1) is 10.5. The number of hydrogen-bond acceptors (Lipinski definition) is 2. The summed E-state index contributed by atoms with van der Waals surface area (Å²) in [5, 5.41) is 11.9. The van der Waals surface area contributed by atoms with Crippen molar-refractivity contribution in [1.82, 2.24) is 5.32 Å².